The van der Waals surface area contributed by atoms with E-state index in [1.807, 2.05) is 0 Å². The first-order chi connectivity index (χ1) is 9.61. The van der Waals surface area contributed by atoms with E-state index in [1.54, 1.807) is 13.8 Å². The summed E-state index contributed by atoms with van der Waals surface area (Å²) < 4.78 is 50.0. The van der Waals surface area contributed by atoms with Crippen LogP contribution in [0, 0.1) is 11.6 Å². The minimum absolute atomic E-state index is 0.0199. The van der Waals surface area contributed by atoms with E-state index in [9.17, 15) is 22.0 Å². The molecule has 1 rings (SSSR count). The molecule has 0 radical (unpaired) electrons. The molecular weight excluding hydrogens is 302 g/mol. The number of hydrogen-bond donors (Lipinski definition) is 1. The van der Waals surface area contributed by atoms with Gasteiger partial charge in [0.25, 0.3) is 0 Å². The van der Waals surface area contributed by atoms with Gasteiger partial charge in [-0.15, -0.1) is 0 Å². The highest BCUT2D eigenvalue weighted by Gasteiger charge is 2.20. The average Bonchev–Trinajstić information content (AvgIpc) is 2.32. The number of anilines is 1. The van der Waals surface area contributed by atoms with E-state index in [2.05, 4.69) is 5.32 Å². The van der Waals surface area contributed by atoms with Gasteiger partial charge in [-0.1, -0.05) is 0 Å². The summed E-state index contributed by atoms with van der Waals surface area (Å²) in [5.41, 5.74) is 0.120. The zero-order valence-electron chi connectivity index (χ0n) is 12.1. The van der Waals surface area contributed by atoms with Crippen LogP contribution in [0.25, 0.3) is 0 Å². The fourth-order valence-electron chi connectivity index (χ4n) is 1.82. The van der Waals surface area contributed by atoms with E-state index in [4.69, 9.17) is 0 Å². The van der Waals surface area contributed by atoms with E-state index in [1.165, 1.54) is 10.4 Å². The third kappa shape index (κ3) is 5.39. The van der Waals surface area contributed by atoms with Gasteiger partial charge in [0.05, 0.1) is 6.26 Å². The van der Waals surface area contributed by atoms with Crippen molar-refractivity contribution in [3.63, 3.8) is 0 Å². The molecule has 0 aliphatic heterocycles. The van der Waals surface area contributed by atoms with Gasteiger partial charge in [0.15, 0.2) is 11.6 Å². The second-order valence-electron chi connectivity index (χ2n) is 4.89. The lowest BCUT2D eigenvalue weighted by Crippen LogP contribution is -2.38. The number of amides is 1. The summed E-state index contributed by atoms with van der Waals surface area (Å²) in [6, 6.07) is 2.73. The van der Waals surface area contributed by atoms with Gasteiger partial charge in [-0.05, 0) is 26.0 Å². The van der Waals surface area contributed by atoms with Crippen molar-refractivity contribution in [1.29, 1.82) is 0 Å². The van der Waals surface area contributed by atoms with Crippen LogP contribution >= 0.6 is 0 Å². The van der Waals surface area contributed by atoms with Crippen LogP contribution in [0.2, 0.25) is 0 Å². The molecule has 1 amide bonds. The molecule has 0 saturated carbocycles. The van der Waals surface area contributed by atoms with Crippen LogP contribution in [0.1, 0.15) is 20.3 Å². The summed E-state index contributed by atoms with van der Waals surface area (Å²) in [7, 11) is -3.40. The molecular formula is C13H18F2N2O3S. The van der Waals surface area contributed by atoms with E-state index in [0.717, 1.165) is 18.4 Å². The minimum atomic E-state index is -3.40. The SMILES string of the molecule is CC(C)N(CCC(=O)Nc1ccc(F)c(F)c1)S(C)(=O)=O. The van der Waals surface area contributed by atoms with Gasteiger partial charge >= 0.3 is 0 Å². The molecule has 1 N–H and O–H groups in total. The normalized spacial score (nSPS) is 12.0. The summed E-state index contributed by atoms with van der Waals surface area (Å²) in [6.45, 7) is 3.43. The molecule has 0 aliphatic rings. The molecule has 0 aromatic heterocycles. The van der Waals surface area contributed by atoms with E-state index in [-0.39, 0.29) is 24.7 Å². The average molecular weight is 320 g/mol. The number of benzene rings is 1. The zero-order valence-corrected chi connectivity index (χ0v) is 12.9. The number of carbonyl (C=O) groups excluding carboxylic acids is 1. The predicted octanol–water partition coefficient (Wildman–Crippen LogP) is 1.96. The molecule has 21 heavy (non-hydrogen) atoms. The lowest BCUT2D eigenvalue weighted by atomic mass is 10.3. The van der Waals surface area contributed by atoms with Crippen LogP contribution in [0.3, 0.4) is 0 Å². The number of nitrogens with zero attached hydrogens (tertiary/aromatic N) is 1. The third-order valence-corrected chi connectivity index (χ3v) is 4.22. The fourth-order valence-corrected chi connectivity index (χ4v) is 3.00. The number of rotatable bonds is 6. The van der Waals surface area contributed by atoms with Crippen molar-refractivity contribution >= 4 is 21.6 Å². The Kier molecular flexibility index (Phi) is 5.79. The molecule has 118 valence electrons. The van der Waals surface area contributed by atoms with Crippen LogP contribution in [-0.2, 0) is 14.8 Å². The Balaban J connectivity index is 2.63. The first kappa shape index (κ1) is 17.5. The van der Waals surface area contributed by atoms with Crippen molar-refractivity contribution in [3.05, 3.63) is 29.8 Å². The quantitative estimate of drug-likeness (QED) is 0.871. The van der Waals surface area contributed by atoms with Gasteiger partial charge < -0.3 is 5.32 Å². The number of sulfonamides is 1. The highest BCUT2D eigenvalue weighted by Crippen LogP contribution is 2.13. The monoisotopic (exact) mass is 320 g/mol. The Morgan fingerprint density at radius 2 is 1.90 bits per heavy atom. The van der Waals surface area contributed by atoms with Crippen molar-refractivity contribution in [2.24, 2.45) is 0 Å². The Labute approximate surface area is 123 Å². The van der Waals surface area contributed by atoms with E-state index < -0.39 is 27.6 Å². The number of hydrogen-bond acceptors (Lipinski definition) is 3. The van der Waals surface area contributed by atoms with Gasteiger partial charge in [0.1, 0.15) is 0 Å². The molecule has 0 aliphatic carbocycles. The number of carbonyl (C=O) groups is 1. The Morgan fingerprint density at radius 3 is 2.38 bits per heavy atom. The van der Waals surface area contributed by atoms with Crippen molar-refractivity contribution in [3.8, 4) is 0 Å². The third-order valence-electron chi connectivity index (χ3n) is 2.76. The van der Waals surface area contributed by atoms with Crippen molar-refractivity contribution in [2.45, 2.75) is 26.3 Å². The predicted molar refractivity (Wildman–Crippen MR) is 76.3 cm³/mol. The van der Waals surface area contributed by atoms with Crippen molar-refractivity contribution < 1.29 is 22.0 Å². The van der Waals surface area contributed by atoms with Crippen LogP contribution in [0.15, 0.2) is 18.2 Å². The minimum Gasteiger partial charge on any atom is -0.326 e. The fraction of sp³-hybridized carbons (Fsp3) is 0.462. The smallest absolute Gasteiger partial charge is 0.225 e. The Bertz CT molecular complexity index is 618. The summed E-state index contributed by atoms with van der Waals surface area (Å²) >= 11 is 0. The van der Waals surface area contributed by atoms with E-state index in [0.29, 0.717) is 0 Å². The molecule has 1 aromatic rings. The number of halogens is 2. The Morgan fingerprint density at radius 1 is 1.29 bits per heavy atom. The van der Waals surface area contributed by atoms with Gasteiger partial charge in [-0.3, -0.25) is 4.79 Å². The van der Waals surface area contributed by atoms with Crippen LogP contribution < -0.4 is 5.32 Å². The largest absolute Gasteiger partial charge is 0.326 e. The molecule has 1 aromatic carbocycles. The molecule has 0 bridgehead atoms. The molecule has 0 spiro atoms. The van der Waals surface area contributed by atoms with Gasteiger partial charge in [-0.2, -0.15) is 4.31 Å². The molecule has 0 saturated heterocycles. The van der Waals surface area contributed by atoms with E-state index >= 15 is 0 Å². The molecule has 0 unspecified atom stereocenters. The van der Waals surface area contributed by atoms with Crippen LogP contribution in [0.4, 0.5) is 14.5 Å². The zero-order chi connectivity index (χ0) is 16.2. The standard InChI is InChI=1S/C13H18F2N2O3S/c1-9(2)17(21(3,19)20)7-6-13(18)16-10-4-5-11(14)12(15)8-10/h4-5,8-9H,6-7H2,1-3H3,(H,16,18). The van der Waals surface area contributed by atoms with Crippen LogP contribution in [-0.4, -0.2) is 37.5 Å². The summed E-state index contributed by atoms with van der Waals surface area (Å²) in [5, 5.41) is 2.39. The molecule has 0 fully saturated rings. The highest BCUT2D eigenvalue weighted by atomic mass is 32.2. The highest BCUT2D eigenvalue weighted by molar-refractivity contribution is 7.88. The lowest BCUT2D eigenvalue weighted by Gasteiger charge is -2.23. The summed E-state index contributed by atoms with van der Waals surface area (Å²) in [4.78, 5) is 11.7. The Hall–Kier alpha value is -1.54. The number of nitrogens with one attached hydrogen (secondary N) is 1. The van der Waals surface area contributed by atoms with Crippen LogP contribution in [0.5, 0.6) is 0 Å². The first-order valence-corrected chi connectivity index (χ1v) is 8.18. The van der Waals surface area contributed by atoms with Crippen molar-refractivity contribution in [2.75, 3.05) is 18.1 Å². The molecule has 0 heterocycles. The lowest BCUT2D eigenvalue weighted by molar-refractivity contribution is -0.116. The topological polar surface area (TPSA) is 66.5 Å². The molecule has 5 nitrogen and oxygen atoms in total. The van der Waals surface area contributed by atoms with Crippen molar-refractivity contribution in [1.82, 2.24) is 4.31 Å². The summed E-state index contributed by atoms with van der Waals surface area (Å²) in [5.74, 6) is -2.54. The maximum absolute atomic E-state index is 13.0. The summed E-state index contributed by atoms with van der Waals surface area (Å²) in [6.07, 6.45) is 0.991. The molecule has 8 heteroatoms. The van der Waals surface area contributed by atoms with Gasteiger partial charge in [0.2, 0.25) is 15.9 Å². The molecule has 0 atom stereocenters. The van der Waals surface area contributed by atoms with Gasteiger partial charge in [0, 0.05) is 30.8 Å². The first-order valence-electron chi connectivity index (χ1n) is 6.33. The maximum atomic E-state index is 13.0. The second kappa shape index (κ2) is 6.95. The van der Waals surface area contributed by atoms with Gasteiger partial charge in [-0.25, -0.2) is 17.2 Å². The second-order valence-corrected chi connectivity index (χ2v) is 6.83. The maximum Gasteiger partial charge on any atom is 0.225 e.